The Balaban J connectivity index is 1.80. The van der Waals surface area contributed by atoms with Crippen LogP contribution in [0, 0.1) is 5.92 Å². The largest absolute Gasteiger partial charge is 0.481 e. The number of amides is 2. The van der Waals surface area contributed by atoms with Crippen LogP contribution >= 0.6 is 0 Å². The standard InChI is InChI=1S/C15H18N2O3/c1-9(10-6-7-10)16-15(20)17-8-12(14(18)19)11-4-2-3-5-13(11)17/h2-5,9-10,12H,6-8H2,1H3,(H,16,20)(H,18,19). The summed E-state index contributed by atoms with van der Waals surface area (Å²) < 4.78 is 0. The van der Waals surface area contributed by atoms with Gasteiger partial charge in [0.1, 0.15) is 5.92 Å². The molecule has 0 radical (unpaired) electrons. The van der Waals surface area contributed by atoms with Gasteiger partial charge in [-0.1, -0.05) is 18.2 Å². The van der Waals surface area contributed by atoms with E-state index >= 15 is 0 Å². The van der Waals surface area contributed by atoms with Gasteiger partial charge in [-0.15, -0.1) is 0 Å². The molecular weight excluding hydrogens is 256 g/mol. The van der Waals surface area contributed by atoms with Crippen LogP contribution in [0.2, 0.25) is 0 Å². The van der Waals surface area contributed by atoms with Gasteiger partial charge in [0.05, 0.1) is 0 Å². The molecule has 20 heavy (non-hydrogen) atoms. The third kappa shape index (κ3) is 2.24. The molecule has 2 atom stereocenters. The van der Waals surface area contributed by atoms with Crippen molar-refractivity contribution in [2.24, 2.45) is 5.92 Å². The summed E-state index contributed by atoms with van der Waals surface area (Å²) in [5, 5.41) is 12.3. The number of anilines is 1. The van der Waals surface area contributed by atoms with E-state index in [0.717, 1.165) is 12.8 Å². The van der Waals surface area contributed by atoms with Crippen molar-refractivity contribution in [1.82, 2.24) is 5.32 Å². The fourth-order valence-electron chi connectivity index (χ4n) is 2.80. The van der Waals surface area contributed by atoms with Crippen LogP contribution in [-0.2, 0) is 4.79 Å². The number of nitrogens with one attached hydrogen (secondary N) is 1. The van der Waals surface area contributed by atoms with E-state index in [1.807, 2.05) is 19.1 Å². The molecule has 1 aromatic carbocycles. The number of benzene rings is 1. The van der Waals surface area contributed by atoms with Gasteiger partial charge in [-0.05, 0) is 37.3 Å². The lowest BCUT2D eigenvalue weighted by molar-refractivity contribution is -0.138. The first-order chi connectivity index (χ1) is 9.58. The molecule has 2 N–H and O–H groups in total. The topological polar surface area (TPSA) is 69.6 Å². The van der Waals surface area contributed by atoms with E-state index in [4.69, 9.17) is 0 Å². The third-order valence-electron chi connectivity index (χ3n) is 4.19. The summed E-state index contributed by atoms with van der Waals surface area (Å²) in [7, 11) is 0. The Morgan fingerprint density at radius 1 is 1.35 bits per heavy atom. The monoisotopic (exact) mass is 274 g/mol. The summed E-state index contributed by atoms with van der Waals surface area (Å²) in [5.41, 5.74) is 1.43. The lowest BCUT2D eigenvalue weighted by Crippen LogP contribution is -2.44. The van der Waals surface area contributed by atoms with E-state index in [2.05, 4.69) is 5.32 Å². The highest BCUT2D eigenvalue weighted by Gasteiger charge is 2.37. The Morgan fingerprint density at radius 3 is 2.70 bits per heavy atom. The molecule has 106 valence electrons. The maximum absolute atomic E-state index is 12.3. The first-order valence-corrected chi connectivity index (χ1v) is 6.97. The predicted octanol–water partition coefficient (Wildman–Crippen LogP) is 2.18. The number of nitrogens with zero attached hydrogens (tertiary/aromatic N) is 1. The van der Waals surface area contributed by atoms with E-state index in [0.29, 0.717) is 17.2 Å². The molecular formula is C15H18N2O3. The molecule has 3 rings (SSSR count). The number of fused-ring (bicyclic) bond motifs is 1. The van der Waals surface area contributed by atoms with Gasteiger partial charge in [0.15, 0.2) is 0 Å². The van der Waals surface area contributed by atoms with Crippen LogP contribution in [0.4, 0.5) is 10.5 Å². The number of rotatable bonds is 3. The maximum Gasteiger partial charge on any atom is 0.322 e. The van der Waals surface area contributed by atoms with Crippen molar-refractivity contribution < 1.29 is 14.7 Å². The molecule has 5 nitrogen and oxygen atoms in total. The number of carbonyl (C=O) groups excluding carboxylic acids is 1. The van der Waals surface area contributed by atoms with Gasteiger partial charge in [0.2, 0.25) is 0 Å². The van der Waals surface area contributed by atoms with E-state index in [9.17, 15) is 14.7 Å². The van der Waals surface area contributed by atoms with Crippen LogP contribution in [-0.4, -0.2) is 29.7 Å². The van der Waals surface area contributed by atoms with E-state index in [-0.39, 0.29) is 18.6 Å². The molecule has 1 saturated carbocycles. The lowest BCUT2D eigenvalue weighted by Gasteiger charge is -2.21. The Kier molecular flexibility index (Phi) is 3.12. The zero-order chi connectivity index (χ0) is 14.3. The van der Waals surface area contributed by atoms with Gasteiger partial charge >= 0.3 is 12.0 Å². The highest BCUT2D eigenvalue weighted by Crippen LogP contribution is 2.37. The van der Waals surface area contributed by atoms with E-state index < -0.39 is 11.9 Å². The van der Waals surface area contributed by atoms with Crippen molar-refractivity contribution in [2.75, 3.05) is 11.4 Å². The van der Waals surface area contributed by atoms with Crippen LogP contribution in [0.3, 0.4) is 0 Å². The van der Waals surface area contributed by atoms with Crippen molar-refractivity contribution in [3.63, 3.8) is 0 Å². The molecule has 0 bridgehead atoms. The summed E-state index contributed by atoms with van der Waals surface area (Å²) in [6.45, 7) is 2.21. The second-order valence-corrected chi connectivity index (χ2v) is 5.64. The van der Waals surface area contributed by atoms with E-state index in [1.54, 1.807) is 17.0 Å². The van der Waals surface area contributed by atoms with Gasteiger partial charge in [-0.3, -0.25) is 9.69 Å². The highest BCUT2D eigenvalue weighted by atomic mass is 16.4. The Labute approximate surface area is 117 Å². The summed E-state index contributed by atoms with van der Waals surface area (Å²) in [6.07, 6.45) is 2.32. The molecule has 1 heterocycles. The van der Waals surface area contributed by atoms with Gasteiger partial charge in [-0.25, -0.2) is 4.79 Å². The normalized spacial score (nSPS) is 22.2. The Morgan fingerprint density at radius 2 is 2.05 bits per heavy atom. The van der Waals surface area contributed by atoms with Gasteiger partial charge in [-0.2, -0.15) is 0 Å². The van der Waals surface area contributed by atoms with Crippen molar-refractivity contribution in [3.8, 4) is 0 Å². The molecule has 0 saturated heterocycles. The second-order valence-electron chi connectivity index (χ2n) is 5.64. The lowest BCUT2D eigenvalue weighted by atomic mass is 10.0. The van der Waals surface area contributed by atoms with Crippen LogP contribution < -0.4 is 10.2 Å². The molecule has 2 aliphatic rings. The second kappa shape index (κ2) is 4.81. The Bertz CT molecular complexity index is 554. The molecule has 2 unspecified atom stereocenters. The summed E-state index contributed by atoms with van der Waals surface area (Å²) in [4.78, 5) is 25.2. The molecule has 5 heteroatoms. The van der Waals surface area contributed by atoms with Crippen LogP contribution in [0.25, 0.3) is 0 Å². The number of aliphatic carboxylic acids is 1. The Hall–Kier alpha value is -2.04. The molecule has 1 fully saturated rings. The summed E-state index contributed by atoms with van der Waals surface area (Å²) in [6, 6.07) is 7.18. The third-order valence-corrected chi connectivity index (χ3v) is 4.19. The van der Waals surface area contributed by atoms with E-state index in [1.165, 1.54) is 0 Å². The van der Waals surface area contributed by atoms with Crippen LogP contribution in [0.5, 0.6) is 0 Å². The molecule has 2 amide bonds. The first kappa shape index (κ1) is 13.0. The number of urea groups is 1. The first-order valence-electron chi connectivity index (χ1n) is 6.97. The average Bonchev–Trinajstić information content (AvgIpc) is 3.19. The van der Waals surface area contributed by atoms with Crippen LogP contribution in [0.1, 0.15) is 31.2 Å². The molecule has 0 aromatic heterocycles. The zero-order valence-electron chi connectivity index (χ0n) is 11.4. The van der Waals surface area contributed by atoms with Gasteiger partial charge in [0, 0.05) is 18.3 Å². The molecule has 0 spiro atoms. The number of carboxylic acid groups (broad SMARTS) is 1. The average molecular weight is 274 g/mol. The summed E-state index contributed by atoms with van der Waals surface area (Å²) in [5.74, 6) is -0.941. The zero-order valence-corrected chi connectivity index (χ0v) is 11.4. The minimum absolute atomic E-state index is 0.151. The van der Waals surface area contributed by atoms with Gasteiger partial charge < -0.3 is 10.4 Å². The number of para-hydroxylation sites is 1. The number of carboxylic acids is 1. The van der Waals surface area contributed by atoms with Crippen molar-refractivity contribution in [3.05, 3.63) is 29.8 Å². The summed E-state index contributed by atoms with van der Waals surface area (Å²) >= 11 is 0. The van der Waals surface area contributed by atoms with Crippen molar-refractivity contribution in [2.45, 2.75) is 31.7 Å². The fourth-order valence-corrected chi connectivity index (χ4v) is 2.80. The SMILES string of the molecule is CC(NC(=O)N1CC(C(=O)O)c2ccccc21)C1CC1. The molecule has 1 aromatic rings. The number of hydrogen-bond donors (Lipinski definition) is 2. The van der Waals surface area contributed by atoms with Gasteiger partial charge in [0.25, 0.3) is 0 Å². The van der Waals surface area contributed by atoms with Crippen LogP contribution in [0.15, 0.2) is 24.3 Å². The fraction of sp³-hybridized carbons (Fsp3) is 0.467. The number of carbonyl (C=O) groups is 2. The smallest absolute Gasteiger partial charge is 0.322 e. The predicted molar refractivity (Wildman–Crippen MR) is 74.9 cm³/mol. The minimum Gasteiger partial charge on any atom is -0.481 e. The quantitative estimate of drug-likeness (QED) is 0.887. The molecule has 1 aliphatic carbocycles. The van der Waals surface area contributed by atoms with Crippen molar-refractivity contribution in [1.29, 1.82) is 0 Å². The molecule has 1 aliphatic heterocycles. The number of hydrogen-bond acceptors (Lipinski definition) is 2. The highest BCUT2D eigenvalue weighted by molar-refractivity contribution is 5.98. The minimum atomic E-state index is -0.886. The van der Waals surface area contributed by atoms with Crippen molar-refractivity contribution >= 4 is 17.7 Å². The maximum atomic E-state index is 12.3.